The quantitative estimate of drug-likeness (QED) is 0.103. The van der Waals surface area contributed by atoms with Gasteiger partial charge in [0.15, 0.2) is 0 Å². The van der Waals surface area contributed by atoms with Gasteiger partial charge >= 0.3 is 23.9 Å². The highest BCUT2D eigenvalue weighted by Gasteiger charge is 2.19. The number of ether oxygens (including phenoxy) is 5. The fourth-order valence-corrected chi connectivity index (χ4v) is 3.25. The van der Waals surface area contributed by atoms with Crippen molar-refractivity contribution in [1.29, 1.82) is 0 Å². The van der Waals surface area contributed by atoms with Crippen molar-refractivity contribution in [3.8, 4) is 46.0 Å². The summed E-state index contributed by atoms with van der Waals surface area (Å²) in [6.45, 7) is 13.3. The molecule has 0 N–H and O–H groups in total. The topological polar surface area (TPSA) is 114 Å². The molecule has 0 spiro atoms. The molecule has 0 aliphatic rings. The molecule has 0 aliphatic carbocycles. The minimum atomic E-state index is -0.756. The van der Waals surface area contributed by atoms with E-state index in [9.17, 15) is 19.2 Å². The Bertz CT molecular complexity index is 1560. The van der Waals surface area contributed by atoms with E-state index in [1.165, 1.54) is 24.3 Å². The third-order valence-electron chi connectivity index (χ3n) is 5.15. The molecule has 0 saturated carbocycles. The first kappa shape index (κ1) is 30.4. The summed E-state index contributed by atoms with van der Waals surface area (Å²) in [6, 6.07) is 15.9. The third kappa shape index (κ3) is 8.69. The molecule has 42 heavy (non-hydrogen) atoms. The van der Waals surface area contributed by atoms with Crippen LogP contribution in [-0.4, -0.2) is 30.7 Å². The van der Waals surface area contributed by atoms with E-state index in [0.29, 0.717) is 22.4 Å². The van der Waals surface area contributed by atoms with E-state index in [1.807, 2.05) is 0 Å². The lowest BCUT2D eigenvalue weighted by molar-refractivity contribution is -0.144. The van der Waals surface area contributed by atoms with Crippen molar-refractivity contribution >= 4 is 23.9 Å². The maximum Gasteiger partial charge on any atom is 0.335 e. The normalized spacial score (nSPS) is 9.62. The van der Waals surface area contributed by atoms with Crippen LogP contribution in [0.3, 0.4) is 0 Å². The second kappa shape index (κ2) is 14.9. The van der Waals surface area contributed by atoms with E-state index in [1.54, 1.807) is 36.4 Å². The Hall–Kier alpha value is -6.14. The van der Waals surface area contributed by atoms with Crippen LogP contribution in [0.25, 0.3) is 11.1 Å². The Balaban J connectivity index is 2.00. The summed E-state index contributed by atoms with van der Waals surface area (Å²) in [5.74, 6) is 3.93. The Kier molecular flexibility index (Phi) is 10.8. The Morgan fingerprint density at radius 3 is 1.60 bits per heavy atom. The second-order valence-corrected chi connectivity index (χ2v) is 7.95. The molecule has 0 atom stereocenters. The first-order valence-electron chi connectivity index (χ1n) is 12.1. The molecule has 3 aromatic carbocycles. The number of benzene rings is 3. The lowest BCUT2D eigenvalue weighted by atomic mass is 10.0. The van der Waals surface area contributed by atoms with Gasteiger partial charge in [-0.05, 0) is 54.1 Å². The van der Waals surface area contributed by atoms with Gasteiger partial charge in [-0.3, -0.25) is 0 Å². The average molecular weight is 565 g/mol. The molecule has 3 aromatic rings. The summed E-state index contributed by atoms with van der Waals surface area (Å²) in [7, 11) is 0. The number of hydrogen-bond acceptors (Lipinski definition) is 9. The van der Waals surface area contributed by atoms with Gasteiger partial charge in [-0.25, -0.2) is 19.2 Å². The molecule has 0 fully saturated rings. The molecule has 0 bridgehead atoms. The van der Waals surface area contributed by atoms with Crippen molar-refractivity contribution < 1.29 is 42.9 Å². The van der Waals surface area contributed by atoms with E-state index in [2.05, 4.69) is 38.2 Å². The van der Waals surface area contributed by atoms with Crippen molar-refractivity contribution in [2.45, 2.75) is 0 Å². The van der Waals surface area contributed by atoms with Gasteiger partial charge in [0, 0.05) is 35.4 Å². The summed E-state index contributed by atoms with van der Waals surface area (Å²) in [4.78, 5) is 47.1. The van der Waals surface area contributed by atoms with E-state index >= 15 is 0 Å². The Labute approximate surface area is 241 Å². The van der Waals surface area contributed by atoms with Crippen LogP contribution >= 0.6 is 0 Å². The Morgan fingerprint density at radius 2 is 1.07 bits per heavy atom. The van der Waals surface area contributed by atoms with E-state index in [-0.39, 0.29) is 29.6 Å². The minimum absolute atomic E-state index is 0.0345. The lowest BCUT2D eigenvalue weighted by Gasteiger charge is -2.15. The molecule has 0 radical (unpaired) electrons. The summed E-state index contributed by atoms with van der Waals surface area (Å²) in [5, 5.41) is 0. The molecule has 0 unspecified atom stereocenters. The van der Waals surface area contributed by atoms with Crippen LogP contribution in [0, 0.1) is 11.8 Å². The van der Waals surface area contributed by atoms with Gasteiger partial charge < -0.3 is 23.7 Å². The van der Waals surface area contributed by atoms with Gasteiger partial charge in [0.05, 0.1) is 5.56 Å². The van der Waals surface area contributed by atoms with E-state index in [0.717, 1.165) is 24.3 Å². The standard InChI is InChI=1S/C33H24O9/c1-5-29(34)39-21-38-25-15-11-22(12-16-25)9-10-23-19-27(41-31(36)7-3)33(28(20-23)42-32(37)8-4)24-13-17-26(18-14-24)40-30(35)6-2/h5-8,11-20H,1-4,21H2. The largest absolute Gasteiger partial charge is 0.457 e. The molecule has 9 heteroatoms. The van der Waals surface area contributed by atoms with E-state index in [4.69, 9.17) is 23.7 Å². The highest BCUT2D eigenvalue weighted by molar-refractivity contribution is 5.90. The fourth-order valence-electron chi connectivity index (χ4n) is 3.25. The molecule has 0 saturated heterocycles. The van der Waals surface area contributed by atoms with Gasteiger partial charge in [-0.15, -0.1) is 0 Å². The zero-order valence-corrected chi connectivity index (χ0v) is 22.3. The molecule has 3 rings (SSSR count). The zero-order chi connectivity index (χ0) is 30.5. The maximum atomic E-state index is 12.2. The van der Waals surface area contributed by atoms with Crippen LogP contribution < -0.4 is 18.9 Å². The van der Waals surface area contributed by atoms with Crippen molar-refractivity contribution in [1.82, 2.24) is 0 Å². The summed E-state index contributed by atoms with van der Waals surface area (Å²) in [5.41, 5.74) is 1.69. The van der Waals surface area contributed by atoms with Crippen LogP contribution in [0.5, 0.6) is 23.0 Å². The molecule has 0 amide bonds. The maximum absolute atomic E-state index is 12.2. The molecule has 0 aliphatic heterocycles. The number of carbonyl (C=O) groups excluding carboxylic acids is 4. The first-order valence-corrected chi connectivity index (χ1v) is 12.1. The summed E-state index contributed by atoms with van der Waals surface area (Å²) < 4.78 is 26.2. The van der Waals surface area contributed by atoms with Crippen molar-refractivity contribution in [2.24, 2.45) is 0 Å². The molecular weight excluding hydrogens is 540 g/mol. The third-order valence-corrected chi connectivity index (χ3v) is 5.15. The van der Waals surface area contributed by atoms with Gasteiger partial charge in [-0.1, -0.05) is 50.3 Å². The van der Waals surface area contributed by atoms with Gasteiger partial charge in [0.2, 0.25) is 6.79 Å². The van der Waals surface area contributed by atoms with Crippen LogP contribution in [0.1, 0.15) is 11.1 Å². The summed E-state index contributed by atoms with van der Waals surface area (Å²) in [6.07, 6.45) is 4.02. The molecule has 9 nitrogen and oxygen atoms in total. The highest BCUT2D eigenvalue weighted by Crippen LogP contribution is 2.40. The number of hydrogen-bond donors (Lipinski definition) is 0. The van der Waals surface area contributed by atoms with Gasteiger partial charge in [0.1, 0.15) is 23.0 Å². The number of rotatable bonds is 11. The fraction of sp³-hybridized carbons (Fsp3) is 0.0303. The predicted molar refractivity (Wildman–Crippen MR) is 154 cm³/mol. The van der Waals surface area contributed by atoms with Gasteiger partial charge in [0.25, 0.3) is 0 Å². The number of esters is 4. The molecule has 210 valence electrons. The molecule has 0 heterocycles. The van der Waals surface area contributed by atoms with Crippen molar-refractivity contribution in [3.63, 3.8) is 0 Å². The second-order valence-electron chi connectivity index (χ2n) is 7.95. The van der Waals surface area contributed by atoms with Crippen molar-refractivity contribution in [3.05, 3.63) is 122 Å². The number of carbonyl (C=O) groups is 4. The average Bonchev–Trinajstić information content (AvgIpc) is 3.00. The molecular formula is C33H24O9. The Morgan fingerprint density at radius 1 is 0.595 bits per heavy atom. The van der Waals surface area contributed by atoms with Crippen LogP contribution in [0.4, 0.5) is 0 Å². The van der Waals surface area contributed by atoms with Crippen LogP contribution in [-0.2, 0) is 23.9 Å². The van der Waals surface area contributed by atoms with Crippen molar-refractivity contribution in [2.75, 3.05) is 6.79 Å². The van der Waals surface area contributed by atoms with E-state index < -0.39 is 23.9 Å². The predicted octanol–water partition coefficient (Wildman–Crippen LogP) is 5.09. The van der Waals surface area contributed by atoms with Crippen LogP contribution in [0.15, 0.2) is 111 Å². The highest BCUT2D eigenvalue weighted by atomic mass is 16.7. The minimum Gasteiger partial charge on any atom is -0.457 e. The lowest BCUT2D eigenvalue weighted by Crippen LogP contribution is -2.08. The monoisotopic (exact) mass is 564 g/mol. The van der Waals surface area contributed by atoms with Crippen LogP contribution in [0.2, 0.25) is 0 Å². The SMILES string of the molecule is C=CC(=O)OCOc1ccc(C#Cc2cc(OC(=O)C=C)c(-c3ccc(OC(=O)C=C)cc3)c(OC(=O)C=C)c2)cc1. The van der Waals surface area contributed by atoms with Gasteiger partial charge in [-0.2, -0.15) is 0 Å². The summed E-state index contributed by atoms with van der Waals surface area (Å²) >= 11 is 0. The first-order chi connectivity index (χ1) is 20.3. The zero-order valence-electron chi connectivity index (χ0n) is 22.3. The molecule has 0 aromatic heterocycles. The smallest absolute Gasteiger partial charge is 0.335 e.